The number of hydrogen-bond donors (Lipinski definition) is 2. The number of aliphatic hydroxyl groups excluding tert-OH is 1. The summed E-state index contributed by atoms with van der Waals surface area (Å²) in [5, 5.41) is 12.5. The Kier molecular flexibility index (Phi) is 3.95. The molecule has 1 aromatic heterocycles. The van der Waals surface area contributed by atoms with E-state index < -0.39 is 5.54 Å². The van der Waals surface area contributed by atoms with Gasteiger partial charge in [0.25, 0.3) is 0 Å². The van der Waals surface area contributed by atoms with Crippen molar-refractivity contribution in [3.05, 3.63) is 24.2 Å². The first-order valence-corrected chi connectivity index (χ1v) is 7.75. The number of carbonyl (C=O) groups is 2. The number of carbonyl (C=O) groups excluding carboxylic acids is 2. The molecule has 2 heterocycles. The molecule has 120 valence electrons. The minimum atomic E-state index is -0.561. The van der Waals surface area contributed by atoms with E-state index in [0.717, 1.165) is 12.8 Å². The van der Waals surface area contributed by atoms with Gasteiger partial charge in [0.05, 0.1) is 30.9 Å². The van der Waals surface area contributed by atoms with E-state index in [1.807, 2.05) is 13.0 Å². The fourth-order valence-electron chi connectivity index (χ4n) is 3.07. The van der Waals surface area contributed by atoms with Gasteiger partial charge in [-0.2, -0.15) is 0 Å². The highest BCUT2D eigenvalue weighted by molar-refractivity contribution is 5.89. The number of nitrogens with one attached hydrogen (secondary N) is 1. The van der Waals surface area contributed by atoms with E-state index in [1.165, 1.54) is 0 Å². The van der Waals surface area contributed by atoms with Crippen LogP contribution in [0.15, 0.2) is 22.8 Å². The first-order chi connectivity index (χ1) is 10.5. The third kappa shape index (κ3) is 3.02. The van der Waals surface area contributed by atoms with Crippen molar-refractivity contribution in [3.63, 3.8) is 0 Å². The summed E-state index contributed by atoms with van der Waals surface area (Å²) in [4.78, 5) is 26.1. The largest absolute Gasteiger partial charge is 0.467 e. The number of rotatable bonds is 6. The summed E-state index contributed by atoms with van der Waals surface area (Å²) in [5.74, 6) is 0.532. The van der Waals surface area contributed by atoms with Crippen molar-refractivity contribution in [1.29, 1.82) is 0 Å². The Morgan fingerprint density at radius 2 is 2.32 bits per heavy atom. The van der Waals surface area contributed by atoms with Crippen LogP contribution in [0, 0.1) is 11.8 Å². The minimum Gasteiger partial charge on any atom is -0.467 e. The number of furan rings is 1. The number of nitrogens with zero attached hydrogens (tertiary/aromatic N) is 1. The van der Waals surface area contributed by atoms with Crippen LogP contribution in [0.25, 0.3) is 0 Å². The summed E-state index contributed by atoms with van der Waals surface area (Å²) in [6.07, 6.45) is 3.86. The van der Waals surface area contributed by atoms with Crippen LogP contribution in [-0.4, -0.2) is 40.5 Å². The van der Waals surface area contributed by atoms with Gasteiger partial charge in [0.2, 0.25) is 11.8 Å². The van der Waals surface area contributed by atoms with Crippen molar-refractivity contribution in [2.24, 2.45) is 11.8 Å². The van der Waals surface area contributed by atoms with Gasteiger partial charge in [-0.05, 0) is 37.8 Å². The van der Waals surface area contributed by atoms with Crippen molar-refractivity contribution < 1.29 is 19.1 Å². The van der Waals surface area contributed by atoms with Gasteiger partial charge < -0.3 is 19.7 Å². The first kappa shape index (κ1) is 15.1. The summed E-state index contributed by atoms with van der Waals surface area (Å²) in [6.45, 7) is 2.60. The zero-order valence-electron chi connectivity index (χ0n) is 12.7. The second-order valence-electron chi connectivity index (χ2n) is 6.59. The molecule has 0 bridgehead atoms. The normalized spacial score (nSPS) is 24.4. The molecule has 2 atom stereocenters. The number of amides is 2. The molecule has 6 nitrogen and oxygen atoms in total. The van der Waals surface area contributed by atoms with Gasteiger partial charge in [0.15, 0.2) is 0 Å². The van der Waals surface area contributed by atoms with E-state index >= 15 is 0 Å². The average Bonchev–Trinajstić information content (AvgIpc) is 3.13. The topological polar surface area (TPSA) is 82.8 Å². The Bertz CT molecular complexity index is 553. The zero-order chi connectivity index (χ0) is 15.7. The number of likely N-dealkylation sites (tertiary alicyclic amines) is 1. The minimum absolute atomic E-state index is 0.0336. The van der Waals surface area contributed by atoms with Crippen molar-refractivity contribution in [2.45, 2.75) is 38.3 Å². The highest BCUT2D eigenvalue weighted by Crippen LogP contribution is 2.39. The van der Waals surface area contributed by atoms with Crippen LogP contribution in [0.4, 0.5) is 0 Å². The molecule has 22 heavy (non-hydrogen) atoms. The lowest BCUT2D eigenvalue weighted by molar-refractivity contribution is -0.130. The molecule has 2 amide bonds. The summed E-state index contributed by atoms with van der Waals surface area (Å²) in [5.41, 5.74) is -0.561. The van der Waals surface area contributed by atoms with Crippen molar-refractivity contribution in [2.75, 3.05) is 13.2 Å². The van der Waals surface area contributed by atoms with E-state index in [2.05, 4.69) is 5.32 Å². The van der Waals surface area contributed by atoms with Crippen molar-refractivity contribution in [3.8, 4) is 0 Å². The van der Waals surface area contributed by atoms with Crippen LogP contribution in [0.5, 0.6) is 0 Å². The lowest BCUT2D eigenvalue weighted by Gasteiger charge is -2.30. The molecule has 1 saturated heterocycles. The molecule has 1 saturated carbocycles. The molecule has 0 spiro atoms. The smallest absolute Gasteiger partial charge is 0.225 e. The van der Waals surface area contributed by atoms with Crippen LogP contribution in [0.1, 0.15) is 31.9 Å². The van der Waals surface area contributed by atoms with Crippen LogP contribution in [0.3, 0.4) is 0 Å². The molecule has 0 radical (unpaired) electrons. The van der Waals surface area contributed by atoms with E-state index in [-0.39, 0.29) is 30.8 Å². The molecule has 6 heteroatoms. The SMILES string of the molecule is CC(CO)(NC(=O)C1CC(=O)N(Cc2ccco2)C1)C1CC1. The molecular weight excluding hydrogens is 284 g/mol. The number of hydrogen-bond acceptors (Lipinski definition) is 4. The van der Waals surface area contributed by atoms with E-state index in [0.29, 0.717) is 24.8 Å². The molecule has 2 unspecified atom stereocenters. The molecule has 1 aliphatic carbocycles. The second-order valence-corrected chi connectivity index (χ2v) is 6.59. The van der Waals surface area contributed by atoms with Gasteiger partial charge in [-0.3, -0.25) is 9.59 Å². The van der Waals surface area contributed by atoms with Gasteiger partial charge >= 0.3 is 0 Å². The summed E-state index contributed by atoms with van der Waals surface area (Å²) in [7, 11) is 0. The number of aliphatic hydroxyl groups is 1. The van der Waals surface area contributed by atoms with Crippen LogP contribution < -0.4 is 5.32 Å². The van der Waals surface area contributed by atoms with Crippen molar-refractivity contribution >= 4 is 11.8 Å². The fraction of sp³-hybridized carbons (Fsp3) is 0.625. The van der Waals surface area contributed by atoms with E-state index in [1.54, 1.807) is 17.2 Å². The molecule has 0 aromatic carbocycles. The Balaban J connectivity index is 1.59. The Labute approximate surface area is 129 Å². The third-order valence-electron chi connectivity index (χ3n) is 4.73. The lowest BCUT2D eigenvalue weighted by atomic mass is 9.95. The molecular formula is C16H22N2O4. The summed E-state index contributed by atoms with van der Waals surface area (Å²) in [6, 6.07) is 3.60. The maximum absolute atomic E-state index is 12.4. The molecule has 2 N–H and O–H groups in total. The van der Waals surface area contributed by atoms with Crippen LogP contribution in [-0.2, 0) is 16.1 Å². The van der Waals surface area contributed by atoms with Crippen LogP contribution in [0.2, 0.25) is 0 Å². The summed E-state index contributed by atoms with van der Waals surface area (Å²) < 4.78 is 5.25. The quantitative estimate of drug-likeness (QED) is 0.818. The molecule has 1 aliphatic heterocycles. The van der Waals surface area contributed by atoms with Gasteiger partial charge in [-0.1, -0.05) is 0 Å². The van der Waals surface area contributed by atoms with Crippen LogP contribution >= 0.6 is 0 Å². The average molecular weight is 306 g/mol. The first-order valence-electron chi connectivity index (χ1n) is 7.75. The van der Waals surface area contributed by atoms with Crippen molar-refractivity contribution in [1.82, 2.24) is 10.2 Å². The van der Waals surface area contributed by atoms with E-state index in [4.69, 9.17) is 4.42 Å². The van der Waals surface area contributed by atoms with E-state index in [9.17, 15) is 14.7 Å². The predicted molar refractivity (Wildman–Crippen MR) is 78.6 cm³/mol. The predicted octanol–water partition coefficient (Wildman–Crippen LogP) is 0.905. The van der Waals surface area contributed by atoms with Gasteiger partial charge in [0.1, 0.15) is 5.76 Å². The fourth-order valence-corrected chi connectivity index (χ4v) is 3.07. The molecule has 2 aliphatic rings. The maximum atomic E-state index is 12.4. The highest BCUT2D eigenvalue weighted by atomic mass is 16.3. The summed E-state index contributed by atoms with van der Waals surface area (Å²) >= 11 is 0. The van der Waals surface area contributed by atoms with Gasteiger partial charge in [-0.25, -0.2) is 0 Å². The monoisotopic (exact) mass is 306 g/mol. The van der Waals surface area contributed by atoms with Gasteiger partial charge in [-0.15, -0.1) is 0 Å². The third-order valence-corrected chi connectivity index (χ3v) is 4.73. The van der Waals surface area contributed by atoms with Gasteiger partial charge in [0, 0.05) is 13.0 Å². The lowest BCUT2D eigenvalue weighted by Crippen LogP contribution is -2.52. The Morgan fingerprint density at radius 3 is 2.91 bits per heavy atom. The Morgan fingerprint density at radius 1 is 1.55 bits per heavy atom. The molecule has 2 fully saturated rings. The highest BCUT2D eigenvalue weighted by Gasteiger charge is 2.44. The maximum Gasteiger partial charge on any atom is 0.225 e. The zero-order valence-corrected chi connectivity index (χ0v) is 12.7. The second kappa shape index (κ2) is 5.76. The molecule has 3 rings (SSSR count). The Hall–Kier alpha value is -1.82. The standard InChI is InChI=1S/C16H22N2O4/c1-16(10-19,12-4-5-12)17-15(21)11-7-14(20)18(8-11)9-13-3-2-6-22-13/h2-3,6,11-12,19H,4-5,7-10H2,1H3,(H,17,21). The molecule has 1 aromatic rings.